The quantitative estimate of drug-likeness (QED) is 0.886. The first kappa shape index (κ1) is 14.7. The number of rotatable bonds is 6. The van der Waals surface area contributed by atoms with Crippen molar-refractivity contribution in [2.24, 2.45) is 0 Å². The summed E-state index contributed by atoms with van der Waals surface area (Å²) in [5.41, 5.74) is 2.27. The van der Waals surface area contributed by atoms with Crippen LogP contribution in [-0.2, 0) is 11.2 Å². The Bertz CT molecular complexity index is 551. The maximum Gasteiger partial charge on any atom is 0.220 e. The molecule has 0 saturated carbocycles. The minimum atomic E-state index is 0.105. The van der Waals surface area contributed by atoms with Crippen LogP contribution in [0.15, 0.2) is 35.7 Å². The molecule has 0 radical (unpaired) electrons. The van der Waals surface area contributed by atoms with Gasteiger partial charge in [0.05, 0.1) is 10.7 Å². The van der Waals surface area contributed by atoms with Crippen LogP contribution >= 0.6 is 11.3 Å². The number of carbonyl (C=O) groups is 1. The fraction of sp³-hybridized carbons (Fsp3) is 0.375. The summed E-state index contributed by atoms with van der Waals surface area (Å²) < 4.78 is 0. The Morgan fingerprint density at radius 1 is 1.35 bits per heavy atom. The molecule has 0 fully saturated rings. The van der Waals surface area contributed by atoms with E-state index in [0.29, 0.717) is 13.0 Å². The lowest BCUT2D eigenvalue weighted by atomic mass is 9.97. The van der Waals surface area contributed by atoms with Gasteiger partial charge in [0.15, 0.2) is 0 Å². The van der Waals surface area contributed by atoms with Crippen molar-refractivity contribution in [3.63, 3.8) is 0 Å². The molecule has 3 nitrogen and oxygen atoms in total. The van der Waals surface area contributed by atoms with Gasteiger partial charge in [-0.05, 0) is 18.4 Å². The molecular weight excluding hydrogens is 268 g/mol. The van der Waals surface area contributed by atoms with E-state index in [1.807, 2.05) is 30.5 Å². The molecule has 1 heterocycles. The second kappa shape index (κ2) is 7.20. The van der Waals surface area contributed by atoms with E-state index in [1.54, 1.807) is 11.3 Å². The van der Waals surface area contributed by atoms with E-state index in [4.69, 9.17) is 0 Å². The zero-order valence-electron chi connectivity index (χ0n) is 11.9. The van der Waals surface area contributed by atoms with Crippen molar-refractivity contribution in [3.05, 3.63) is 52.0 Å². The Balaban J connectivity index is 1.73. The SMILES string of the molecule is Cc1nc(CCNC(=O)CC(C)c2ccccc2)cs1. The van der Waals surface area contributed by atoms with E-state index in [2.05, 4.69) is 29.4 Å². The van der Waals surface area contributed by atoms with Crippen LogP contribution in [0.3, 0.4) is 0 Å². The second-order valence-corrected chi connectivity index (χ2v) is 6.04. The molecule has 1 N–H and O–H groups in total. The minimum Gasteiger partial charge on any atom is -0.356 e. The molecule has 2 aromatic rings. The molecule has 2 rings (SSSR count). The molecule has 1 atom stereocenters. The number of nitrogens with zero attached hydrogens (tertiary/aromatic N) is 1. The van der Waals surface area contributed by atoms with Crippen molar-refractivity contribution >= 4 is 17.2 Å². The van der Waals surface area contributed by atoms with Crippen LogP contribution < -0.4 is 5.32 Å². The molecule has 1 aromatic heterocycles. The molecule has 0 bridgehead atoms. The third kappa shape index (κ3) is 4.46. The Hall–Kier alpha value is -1.68. The number of nitrogens with one attached hydrogen (secondary N) is 1. The number of thiazole rings is 1. The van der Waals surface area contributed by atoms with Gasteiger partial charge in [0.2, 0.25) is 5.91 Å². The molecule has 1 unspecified atom stereocenters. The average molecular weight is 288 g/mol. The van der Waals surface area contributed by atoms with Crippen molar-refractivity contribution in [1.82, 2.24) is 10.3 Å². The molecule has 1 amide bonds. The predicted octanol–water partition coefficient (Wildman–Crippen LogP) is 3.30. The Kier molecular flexibility index (Phi) is 5.30. The van der Waals surface area contributed by atoms with Gasteiger partial charge in [0.25, 0.3) is 0 Å². The normalized spacial score (nSPS) is 12.1. The molecule has 0 aliphatic rings. The molecule has 4 heteroatoms. The molecule has 20 heavy (non-hydrogen) atoms. The summed E-state index contributed by atoms with van der Waals surface area (Å²) in [6.45, 7) is 4.73. The smallest absolute Gasteiger partial charge is 0.220 e. The number of carbonyl (C=O) groups excluding carboxylic acids is 1. The van der Waals surface area contributed by atoms with E-state index in [-0.39, 0.29) is 11.8 Å². The summed E-state index contributed by atoms with van der Waals surface area (Å²) in [6.07, 6.45) is 1.33. The third-order valence-electron chi connectivity index (χ3n) is 3.23. The highest BCUT2D eigenvalue weighted by molar-refractivity contribution is 7.09. The summed E-state index contributed by atoms with van der Waals surface area (Å²) in [5, 5.41) is 6.09. The number of aromatic nitrogens is 1. The fourth-order valence-electron chi connectivity index (χ4n) is 2.10. The summed E-state index contributed by atoms with van der Waals surface area (Å²) in [5.74, 6) is 0.353. The maximum absolute atomic E-state index is 11.9. The maximum atomic E-state index is 11.9. The summed E-state index contributed by atoms with van der Waals surface area (Å²) in [7, 11) is 0. The molecule has 0 aliphatic heterocycles. The van der Waals surface area contributed by atoms with Crippen LogP contribution in [0, 0.1) is 6.92 Å². The molecule has 0 saturated heterocycles. The van der Waals surface area contributed by atoms with Crippen molar-refractivity contribution in [3.8, 4) is 0 Å². The van der Waals surface area contributed by atoms with E-state index in [1.165, 1.54) is 5.56 Å². The lowest BCUT2D eigenvalue weighted by Crippen LogP contribution is -2.26. The number of aryl methyl sites for hydroxylation is 1. The minimum absolute atomic E-state index is 0.105. The van der Waals surface area contributed by atoms with Crippen molar-refractivity contribution in [2.45, 2.75) is 32.6 Å². The van der Waals surface area contributed by atoms with Crippen molar-refractivity contribution in [2.75, 3.05) is 6.54 Å². The molecule has 1 aromatic carbocycles. The van der Waals surface area contributed by atoms with Crippen LogP contribution in [0.5, 0.6) is 0 Å². The topological polar surface area (TPSA) is 42.0 Å². The first-order chi connectivity index (χ1) is 9.65. The summed E-state index contributed by atoms with van der Waals surface area (Å²) in [6, 6.07) is 10.1. The monoisotopic (exact) mass is 288 g/mol. The van der Waals surface area contributed by atoms with Crippen LogP contribution in [0.4, 0.5) is 0 Å². The van der Waals surface area contributed by atoms with Gasteiger partial charge < -0.3 is 5.32 Å². The largest absolute Gasteiger partial charge is 0.356 e. The highest BCUT2D eigenvalue weighted by Gasteiger charge is 2.10. The summed E-state index contributed by atoms with van der Waals surface area (Å²) in [4.78, 5) is 16.3. The van der Waals surface area contributed by atoms with E-state index >= 15 is 0 Å². The van der Waals surface area contributed by atoms with Crippen LogP contribution in [0.1, 0.15) is 35.5 Å². The zero-order valence-corrected chi connectivity index (χ0v) is 12.7. The lowest BCUT2D eigenvalue weighted by Gasteiger charge is -2.11. The van der Waals surface area contributed by atoms with Gasteiger partial charge in [-0.1, -0.05) is 37.3 Å². The van der Waals surface area contributed by atoms with Gasteiger partial charge >= 0.3 is 0 Å². The molecule has 0 spiro atoms. The molecular formula is C16H20N2OS. The van der Waals surface area contributed by atoms with Gasteiger partial charge in [-0.2, -0.15) is 0 Å². The van der Waals surface area contributed by atoms with Gasteiger partial charge in [-0.25, -0.2) is 4.98 Å². The van der Waals surface area contributed by atoms with Gasteiger partial charge in [0, 0.05) is 24.8 Å². The number of hydrogen-bond acceptors (Lipinski definition) is 3. The van der Waals surface area contributed by atoms with Crippen LogP contribution in [0.25, 0.3) is 0 Å². The zero-order chi connectivity index (χ0) is 14.4. The fourth-order valence-corrected chi connectivity index (χ4v) is 2.75. The third-order valence-corrected chi connectivity index (χ3v) is 4.05. The van der Waals surface area contributed by atoms with Crippen molar-refractivity contribution < 1.29 is 4.79 Å². The lowest BCUT2D eigenvalue weighted by molar-refractivity contribution is -0.121. The Labute approximate surface area is 124 Å². The first-order valence-corrected chi connectivity index (χ1v) is 7.76. The van der Waals surface area contributed by atoms with Gasteiger partial charge in [-0.15, -0.1) is 11.3 Å². The Morgan fingerprint density at radius 3 is 2.75 bits per heavy atom. The van der Waals surface area contributed by atoms with Crippen LogP contribution in [0.2, 0.25) is 0 Å². The highest BCUT2D eigenvalue weighted by atomic mass is 32.1. The number of benzene rings is 1. The van der Waals surface area contributed by atoms with E-state index in [9.17, 15) is 4.79 Å². The van der Waals surface area contributed by atoms with Gasteiger partial charge in [-0.3, -0.25) is 4.79 Å². The number of hydrogen-bond donors (Lipinski definition) is 1. The highest BCUT2D eigenvalue weighted by Crippen LogP contribution is 2.18. The van der Waals surface area contributed by atoms with Gasteiger partial charge in [0.1, 0.15) is 0 Å². The molecule has 0 aliphatic carbocycles. The average Bonchev–Trinajstić information content (AvgIpc) is 2.85. The van der Waals surface area contributed by atoms with Crippen LogP contribution in [-0.4, -0.2) is 17.4 Å². The van der Waals surface area contributed by atoms with E-state index < -0.39 is 0 Å². The second-order valence-electron chi connectivity index (χ2n) is 4.97. The Morgan fingerprint density at radius 2 is 2.10 bits per heavy atom. The number of amides is 1. The first-order valence-electron chi connectivity index (χ1n) is 6.88. The van der Waals surface area contributed by atoms with Crippen molar-refractivity contribution in [1.29, 1.82) is 0 Å². The predicted molar refractivity (Wildman–Crippen MR) is 83.0 cm³/mol. The molecule has 106 valence electrons. The summed E-state index contributed by atoms with van der Waals surface area (Å²) >= 11 is 1.65. The van der Waals surface area contributed by atoms with E-state index in [0.717, 1.165) is 17.1 Å². The standard InChI is InChI=1S/C16H20N2OS/c1-12(14-6-4-3-5-7-14)10-16(19)17-9-8-15-11-20-13(2)18-15/h3-7,11-12H,8-10H2,1-2H3,(H,17,19).